The minimum absolute atomic E-state index is 0.0245. The zero-order valence-corrected chi connectivity index (χ0v) is 14.4. The molecular weight excluding hydrogens is 332 g/mol. The minimum Gasteiger partial charge on any atom is -0.472 e. The molecule has 1 aromatic carbocycles. The normalized spacial score (nSPS) is 15.2. The van der Waals surface area contributed by atoms with E-state index < -0.39 is 0 Å². The lowest BCUT2D eigenvalue weighted by Gasteiger charge is -2.22. The predicted molar refractivity (Wildman–Crippen MR) is 95.5 cm³/mol. The molecule has 26 heavy (non-hydrogen) atoms. The van der Waals surface area contributed by atoms with Gasteiger partial charge in [-0.05, 0) is 18.6 Å². The number of nitrogens with zero attached hydrogens (tertiary/aromatic N) is 4. The van der Waals surface area contributed by atoms with Crippen LogP contribution in [-0.2, 0) is 11.3 Å². The van der Waals surface area contributed by atoms with Gasteiger partial charge in [0.1, 0.15) is 12.8 Å². The van der Waals surface area contributed by atoms with Gasteiger partial charge >= 0.3 is 0 Å². The molecule has 0 N–H and O–H groups in total. The number of aromatic nitrogens is 2. The van der Waals surface area contributed by atoms with E-state index in [1.165, 1.54) is 12.5 Å². The molecule has 0 unspecified atom stereocenters. The van der Waals surface area contributed by atoms with E-state index in [4.69, 9.17) is 4.42 Å². The van der Waals surface area contributed by atoms with Crippen LogP contribution in [0.4, 0.5) is 0 Å². The van der Waals surface area contributed by atoms with Gasteiger partial charge in [0.05, 0.1) is 23.5 Å². The Morgan fingerprint density at radius 3 is 2.69 bits per heavy atom. The van der Waals surface area contributed by atoms with E-state index in [0.717, 1.165) is 17.3 Å². The highest BCUT2D eigenvalue weighted by molar-refractivity contribution is 5.93. The second kappa shape index (κ2) is 7.03. The first-order valence-electron chi connectivity index (χ1n) is 8.72. The maximum Gasteiger partial charge on any atom is 0.257 e. The molecule has 7 heteroatoms. The van der Waals surface area contributed by atoms with Gasteiger partial charge in [-0.3, -0.25) is 14.3 Å². The fourth-order valence-corrected chi connectivity index (χ4v) is 3.32. The van der Waals surface area contributed by atoms with Gasteiger partial charge in [0.25, 0.3) is 5.91 Å². The first kappa shape index (κ1) is 16.4. The largest absolute Gasteiger partial charge is 0.472 e. The molecule has 0 atom stereocenters. The number of rotatable bonds is 3. The molecule has 0 spiro atoms. The third-order valence-corrected chi connectivity index (χ3v) is 4.74. The summed E-state index contributed by atoms with van der Waals surface area (Å²) >= 11 is 0. The van der Waals surface area contributed by atoms with Crippen molar-refractivity contribution in [3.63, 3.8) is 0 Å². The van der Waals surface area contributed by atoms with Crippen LogP contribution in [0.3, 0.4) is 0 Å². The lowest BCUT2D eigenvalue weighted by Crippen LogP contribution is -2.38. The molecule has 2 amide bonds. The number of amides is 2. The molecule has 0 bridgehead atoms. The van der Waals surface area contributed by atoms with Crippen LogP contribution in [0.1, 0.15) is 16.8 Å². The number of hydrogen-bond acceptors (Lipinski definition) is 4. The summed E-state index contributed by atoms with van der Waals surface area (Å²) < 4.78 is 6.72. The second-order valence-electron chi connectivity index (χ2n) is 6.40. The summed E-state index contributed by atoms with van der Waals surface area (Å²) in [6.45, 7) is 2.55. The third-order valence-electron chi connectivity index (χ3n) is 4.74. The van der Waals surface area contributed by atoms with Crippen LogP contribution in [-0.4, -0.2) is 57.6 Å². The Bertz CT molecular complexity index is 916. The van der Waals surface area contributed by atoms with E-state index in [0.29, 0.717) is 31.7 Å². The average Bonchev–Trinajstić information content (AvgIpc) is 3.26. The summed E-state index contributed by atoms with van der Waals surface area (Å²) in [7, 11) is 0. The summed E-state index contributed by atoms with van der Waals surface area (Å²) in [6.07, 6.45) is 5.49. The smallest absolute Gasteiger partial charge is 0.257 e. The van der Waals surface area contributed by atoms with Crippen molar-refractivity contribution in [2.75, 3.05) is 26.2 Å². The minimum atomic E-state index is -0.0499. The Kier molecular flexibility index (Phi) is 4.43. The summed E-state index contributed by atoms with van der Waals surface area (Å²) in [5, 5.41) is 5.35. The number of carbonyl (C=O) groups excluding carboxylic acids is 2. The highest BCUT2D eigenvalue weighted by Crippen LogP contribution is 2.14. The zero-order chi connectivity index (χ0) is 17.9. The molecule has 1 saturated heterocycles. The molecule has 4 rings (SSSR count). The van der Waals surface area contributed by atoms with Crippen molar-refractivity contribution in [3.8, 4) is 0 Å². The summed E-state index contributed by atoms with van der Waals surface area (Å²) in [5.74, 6) is -0.0254. The Hall–Kier alpha value is -3.09. The maximum atomic E-state index is 12.7. The van der Waals surface area contributed by atoms with Crippen LogP contribution in [0.5, 0.6) is 0 Å². The number of para-hydroxylation sites is 1. The van der Waals surface area contributed by atoms with E-state index in [-0.39, 0.29) is 18.4 Å². The van der Waals surface area contributed by atoms with Crippen molar-refractivity contribution < 1.29 is 14.0 Å². The van der Waals surface area contributed by atoms with Gasteiger partial charge in [-0.15, -0.1) is 0 Å². The Balaban J connectivity index is 1.40. The van der Waals surface area contributed by atoms with Crippen molar-refractivity contribution in [1.29, 1.82) is 0 Å². The lowest BCUT2D eigenvalue weighted by atomic mass is 10.2. The average molecular weight is 352 g/mol. The molecule has 1 fully saturated rings. The van der Waals surface area contributed by atoms with Crippen LogP contribution in [0, 0.1) is 0 Å². The Labute approximate surface area is 150 Å². The number of furan rings is 1. The molecule has 7 nitrogen and oxygen atoms in total. The van der Waals surface area contributed by atoms with Crippen LogP contribution in [0.15, 0.2) is 53.5 Å². The van der Waals surface area contributed by atoms with Gasteiger partial charge in [-0.2, -0.15) is 5.10 Å². The first-order valence-corrected chi connectivity index (χ1v) is 8.72. The SMILES string of the molecule is O=C(Cn1ncc2ccccc21)N1CCCN(C(=O)c2ccoc2)CC1. The van der Waals surface area contributed by atoms with Crippen LogP contribution >= 0.6 is 0 Å². The fraction of sp³-hybridized carbons (Fsp3) is 0.316. The van der Waals surface area contributed by atoms with Gasteiger partial charge in [0.15, 0.2) is 0 Å². The molecule has 2 aromatic heterocycles. The van der Waals surface area contributed by atoms with E-state index in [1.807, 2.05) is 29.2 Å². The van der Waals surface area contributed by atoms with Gasteiger partial charge in [0, 0.05) is 31.6 Å². The van der Waals surface area contributed by atoms with Crippen molar-refractivity contribution in [3.05, 3.63) is 54.6 Å². The summed E-state index contributed by atoms with van der Waals surface area (Å²) in [5.41, 5.74) is 1.50. The molecule has 0 aliphatic carbocycles. The first-order chi connectivity index (χ1) is 12.7. The second-order valence-corrected chi connectivity index (χ2v) is 6.40. The topological polar surface area (TPSA) is 71.6 Å². The monoisotopic (exact) mass is 352 g/mol. The Morgan fingerprint density at radius 1 is 1.04 bits per heavy atom. The number of carbonyl (C=O) groups is 2. The molecule has 0 saturated carbocycles. The number of benzene rings is 1. The van der Waals surface area contributed by atoms with Crippen LogP contribution < -0.4 is 0 Å². The molecule has 3 aromatic rings. The molecule has 1 aliphatic heterocycles. The van der Waals surface area contributed by atoms with Crippen molar-refractivity contribution in [2.45, 2.75) is 13.0 Å². The molecule has 3 heterocycles. The highest BCUT2D eigenvalue weighted by atomic mass is 16.3. The van der Waals surface area contributed by atoms with Crippen LogP contribution in [0.2, 0.25) is 0 Å². The molecular formula is C19H20N4O3. The quantitative estimate of drug-likeness (QED) is 0.723. The van der Waals surface area contributed by atoms with E-state index >= 15 is 0 Å². The summed E-state index contributed by atoms with van der Waals surface area (Å²) in [6, 6.07) is 9.50. The standard InChI is InChI=1S/C19H20N4O3/c24-18(13-23-17-5-2-1-4-15(17)12-20-23)21-7-3-8-22(10-9-21)19(25)16-6-11-26-14-16/h1-2,4-6,11-12,14H,3,7-10,13H2. The van der Waals surface area contributed by atoms with Crippen molar-refractivity contribution in [2.24, 2.45) is 0 Å². The molecule has 134 valence electrons. The summed E-state index contributed by atoms with van der Waals surface area (Å²) in [4.78, 5) is 28.8. The van der Waals surface area contributed by atoms with Gasteiger partial charge in [-0.1, -0.05) is 18.2 Å². The predicted octanol–water partition coefficient (Wildman–Crippen LogP) is 2.00. The van der Waals surface area contributed by atoms with Crippen molar-refractivity contribution in [1.82, 2.24) is 19.6 Å². The van der Waals surface area contributed by atoms with Gasteiger partial charge < -0.3 is 14.2 Å². The number of hydrogen-bond donors (Lipinski definition) is 0. The van der Waals surface area contributed by atoms with Gasteiger partial charge in [-0.25, -0.2) is 0 Å². The molecule has 0 radical (unpaired) electrons. The lowest BCUT2D eigenvalue weighted by molar-refractivity contribution is -0.131. The van der Waals surface area contributed by atoms with E-state index in [1.54, 1.807) is 21.8 Å². The van der Waals surface area contributed by atoms with Gasteiger partial charge in [0.2, 0.25) is 5.91 Å². The van der Waals surface area contributed by atoms with E-state index in [9.17, 15) is 9.59 Å². The maximum absolute atomic E-state index is 12.7. The fourth-order valence-electron chi connectivity index (χ4n) is 3.32. The van der Waals surface area contributed by atoms with E-state index in [2.05, 4.69) is 5.10 Å². The zero-order valence-electron chi connectivity index (χ0n) is 14.4. The molecule has 1 aliphatic rings. The Morgan fingerprint density at radius 2 is 1.85 bits per heavy atom. The van der Waals surface area contributed by atoms with Crippen molar-refractivity contribution >= 4 is 22.7 Å². The van der Waals surface area contributed by atoms with Crippen LogP contribution in [0.25, 0.3) is 10.9 Å². The highest BCUT2D eigenvalue weighted by Gasteiger charge is 2.23. The third kappa shape index (κ3) is 3.20. The number of fused-ring (bicyclic) bond motifs is 1.